The van der Waals surface area contributed by atoms with E-state index in [0.717, 1.165) is 12.4 Å². The summed E-state index contributed by atoms with van der Waals surface area (Å²) in [5, 5.41) is 2.82. The number of aromatic nitrogens is 3. The van der Waals surface area contributed by atoms with Gasteiger partial charge >= 0.3 is 5.97 Å². The summed E-state index contributed by atoms with van der Waals surface area (Å²) in [4.78, 5) is 31.9. The van der Waals surface area contributed by atoms with Crippen LogP contribution in [0.2, 0.25) is 0 Å². The summed E-state index contributed by atoms with van der Waals surface area (Å²) in [6.45, 7) is 1.17. The van der Waals surface area contributed by atoms with Crippen LogP contribution in [0.5, 0.6) is 0 Å². The maximum absolute atomic E-state index is 12.2. The molecule has 0 bridgehead atoms. The predicted octanol–water partition coefficient (Wildman–Crippen LogP) is 2.09. The molecule has 0 radical (unpaired) electrons. The molecule has 7 nitrogen and oxygen atoms in total. The number of carbonyl (C=O) groups is 2. The summed E-state index contributed by atoms with van der Waals surface area (Å²) in [5.74, 6) is 0.112. The molecule has 1 N–H and O–H groups in total. The summed E-state index contributed by atoms with van der Waals surface area (Å²) < 4.78 is 6.67. The largest absolute Gasteiger partial charge is 0.465 e. The van der Waals surface area contributed by atoms with Crippen molar-refractivity contribution in [3.8, 4) is 0 Å². The number of ether oxygens (including phenoxy) is 1. The van der Waals surface area contributed by atoms with Gasteiger partial charge in [0.2, 0.25) is 0 Å². The zero-order chi connectivity index (χ0) is 19.1. The van der Waals surface area contributed by atoms with Crippen molar-refractivity contribution in [2.24, 2.45) is 0 Å². The number of pyridine rings is 1. The topological polar surface area (TPSA) is 86.1 Å². The molecule has 0 spiro atoms. The zero-order valence-electron chi connectivity index (χ0n) is 15.0. The number of hydrogen-bond acceptors (Lipinski definition) is 5. The van der Waals surface area contributed by atoms with Crippen molar-refractivity contribution in [1.29, 1.82) is 0 Å². The molecule has 1 aromatic carbocycles. The second kappa shape index (κ2) is 8.75. The van der Waals surface area contributed by atoms with Crippen LogP contribution in [-0.4, -0.2) is 40.1 Å². The zero-order valence-corrected chi connectivity index (χ0v) is 15.0. The maximum atomic E-state index is 12.2. The molecule has 0 saturated carbocycles. The fraction of sp³-hybridized carbons (Fsp3) is 0.200. The molecule has 0 saturated heterocycles. The maximum Gasteiger partial charge on any atom is 0.339 e. The summed E-state index contributed by atoms with van der Waals surface area (Å²) in [5.41, 5.74) is 1.74. The van der Waals surface area contributed by atoms with Crippen LogP contribution in [0.3, 0.4) is 0 Å². The first-order valence-corrected chi connectivity index (χ1v) is 8.54. The molecule has 2 aromatic heterocycles. The molecule has 2 heterocycles. The highest BCUT2D eigenvalue weighted by Crippen LogP contribution is 2.06. The van der Waals surface area contributed by atoms with Crippen LogP contribution >= 0.6 is 0 Å². The minimum atomic E-state index is -0.486. The van der Waals surface area contributed by atoms with Gasteiger partial charge in [-0.3, -0.25) is 9.78 Å². The monoisotopic (exact) mass is 364 g/mol. The lowest BCUT2D eigenvalue weighted by Crippen LogP contribution is -2.27. The van der Waals surface area contributed by atoms with Crippen LogP contribution in [0.25, 0.3) is 0 Å². The number of carbonyl (C=O) groups excluding carboxylic acids is 2. The first-order valence-electron chi connectivity index (χ1n) is 8.54. The Morgan fingerprint density at radius 2 is 1.93 bits per heavy atom. The number of nitrogens with one attached hydrogen (secondary N) is 1. The summed E-state index contributed by atoms with van der Waals surface area (Å²) in [6, 6.07) is 13.1. The van der Waals surface area contributed by atoms with E-state index in [-0.39, 0.29) is 11.6 Å². The van der Waals surface area contributed by atoms with Gasteiger partial charge in [-0.2, -0.15) is 0 Å². The molecule has 7 heteroatoms. The molecule has 0 atom stereocenters. The Labute approximate surface area is 157 Å². The van der Waals surface area contributed by atoms with Gasteiger partial charge < -0.3 is 14.6 Å². The SMILES string of the molecule is COC(=O)c1ccc(C(=O)NCCc2nccn2Cc2ccccc2)nc1. The summed E-state index contributed by atoms with van der Waals surface area (Å²) in [6.07, 6.45) is 5.61. The van der Waals surface area contributed by atoms with Gasteiger partial charge in [-0.1, -0.05) is 30.3 Å². The van der Waals surface area contributed by atoms with Crippen LogP contribution in [0.4, 0.5) is 0 Å². The standard InChI is InChI=1S/C20H20N4O3/c1-27-20(26)16-7-8-17(23-13-16)19(25)22-10-9-18-21-11-12-24(18)14-15-5-3-2-4-6-15/h2-8,11-13H,9-10,14H2,1H3,(H,22,25). The van der Waals surface area contributed by atoms with Crippen LogP contribution in [0.15, 0.2) is 61.1 Å². The highest BCUT2D eigenvalue weighted by atomic mass is 16.5. The second-order valence-electron chi connectivity index (χ2n) is 5.89. The third kappa shape index (κ3) is 4.78. The van der Waals surface area contributed by atoms with E-state index in [4.69, 9.17) is 0 Å². The van der Waals surface area contributed by atoms with Crippen molar-refractivity contribution in [2.45, 2.75) is 13.0 Å². The van der Waals surface area contributed by atoms with Gasteiger partial charge in [-0.05, 0) is 17.7 Å². The quantitative estimate of drug-likeness (QED) is 0.649. The lowest BCUT2D eigenvalue weighted by Gasteiger charge is -2.09. The van der Waals surface area contributed by atoms with E-state index < -0.39 is 5.97 Å². The molecule has 1 amide bonds. The van der Waals surface area contributed by atoms with Crippen molar-refractivity contribution in [2.75, 3.05) is 13.7 Å². The number of amides is 1. The number of hydrogen-bond donors (Lipinski definition) is 1. The Hall–Kier alpha value is -3.48. The van der Waals surface area contributed by atoms with Gasteiger partial charge in [0.1, 0.15) is 11.5 Å². The van der Waals surface area contributed by atoms with E-state index in [0.29, 0.717) is 18.5 Å². The van der Waals surface area contributed by atoms with Crippen LogP contribution < -0.4 is 5.32 Å². The molecule has 0 fully saturated rings. The highest BCUT2D eigenvalue weighted by Gasteiger charge is 2.11. The lowest BCUT2D eigenvalue weighted by molar-refractivity contribution is 0.0599. The highest BCUT2D eigenvalue weighted by molar-refractivity contribution is 5.94. The number of esters is 1. The molecule has 0 aliphatic heterocycles. The third-order valence-electron chi connectivity index (χ3n) is 4.05. The number of benzene rings is 1. The van der Waals surface area contributed by atoms with Crippen molar-refractivity contribution in [3.63, 3.8) is 0 Å². The number of methoxy groups -OCH3 is 1. The van der Waals surface area contributed by atoms with E-state index in [1.165, 1.54) is 31.0 Å². The van der Waals surface area contributed by atoms with Crippen molar-refractivity contribution >= 4 is 11.9 Å². The van der Waals surface area contributed by atoms with Gasteiger partial charge in [0, 0.05) is 38.1 Å². The van der Waals surface area contributed by atoms with Gasteiger partial charge in [0.05, 0.1) is 12.7 Å². The van der Waals surface area contributed by atoms with Crippen molar-refractivity contribution in [3.05, 3.63) is 83.7 Å². The Morgan fingerprint density at radius 3 is 2.63 bits per heavy atom. The summed E-state index contributed by atoms with van der Waals surface area (Å²) >= 11 is 0. The molecule has 0 aliphatic rings. The normalized spacial score (nSPS) is 10.4. The molecular weight excluding hydrogens is 344 g/mol. The van der Waals surface area contributed by atoms with E-state index in [9.17, 15) is 9.59 Å². The second-order valence-corrected chi connectivity index (χ2v) is 5.89. The Balaban J connectivity index is 1.53. The third-order valence-corrected chi connectivity index (χ3v) is 4.05. The van der Waals surface area contributed by atoms with E-state index in [1.807, 2.05) is 24.4 Å². The molecule has 27 heavy (non-hydrogen) atoms. The Morgan fingerprint density at radius 1 is 1.11 bits per heavy atom. The lowest BCUT2D eigenvalue weighted by atomic mass is 10.2. The molecule has 138 valence electrons. The molecule has 0 aliphatic carbocycles. The Kier molecular flexibility index (Phi) is 5.94. The van der Waals surface area contributed by atoms with Crippen molar-refractivity contribution < 1.29 is 14.3 Å². The molecule has 3 aromatic rings. The minimum absolute atomic E-state index is 0.246. The number of rotatable bonds is 7. The van der Waals surface area contributed by atoms with Gasteiger partial charge in [-0.15, -0.1) is 0 Å². The van der Waals surface area contributed by atoms with Crippen LogP contribution in [0.1, 0.15) is 32.2 Å². The predicted molar refractivity (Wildman–Crippen MR) is 99.4 cm³/mol. The Bertz CT molecular complexity index is 904. The minimum Gasteiger partial charge on any atom is -0.465 e. The van der Waals surface area contributed by atoms with Crippen molar-refractivity contribution in [1.82, 2.24) is 19.9 Å². The molecule has 3 rings (SSSR count). The van der Waals surface area contributed by atoms with Gasteiger partial charge in [0.25, 0.3) is 5.91 Å². The average molecular weight is 364 g/mol. The molecular formula is C20H20N4O3. The smallest absolute Gasteiger partial charge is 0.339 e. The van der Waals surface area contributed by atoms with Crippen LogP contribution in [0, 0.1) is 0 Å². The number of nitrogens with zero attached hydrogens (tertiary/aromatic N) is 3. The van der Waals surface area contributed by atoms with Crippen LogP contribution in [-0.2, 0) is 17.7 Å². The fourth-order valence-corrected chi connectivity index (χ4v) is 2.64. The van der Waals surface area contributed by atoms with Gasteiger partial charge in [0.15, 0.2) is 0 Å². The number of imidazole rings is 1. The fourth-order valence-electron chi connectivity index (χ4n) is 2.64. The summed E-state index contributed by atoms with van der Waals surface area (Å²) in [7, 11) is 1.30. The van der Waals surface area contributed by atoms with E-state index in [2.05, 4.69) is 36.7 Å². The molecule has 0 unspecified atom stereocenters. The van der Waals surface area contributed by atoms with E-state index in [1.54, 1.807) is 6.20 Å². The van der Waals surface area contributed by atoms with E-state index >= 15 is 0 Å². The first-order chi connectivity index (χ1) is 13.2. The average Bonchev–Trinajstić information content (AvgIpc) is 3.15. The first kappa shape index (κ1) is 18.3. The van der Waals surface area contributed by atoms with Gasteiger partial charge in [-0.25, -0.2) is 9.78 Å².